The van der Waals surface area contributed by atoms with Crippen molar-refractivity contribution in [1.82, 2.24) is 5.32 Å². The van der Waals surface area contributed by atoms with E-state index in [1.54, 1.807) is 0 Å². The molecule has 0 aromatic heterocycles. The van der Waals surface area contributed by atoms with Crippen molar-refractivity contribution < 1.29 is 4.74 Å². The maximum absolute atomic E-state index is 5.79. The lowest BCUT2D eigenvalue weighted by molar-refractivity contribution is 0.482. The summed E-state index contributed by atoms with van der Waals surface area (Å²) >= 11 is 0. The first-order chi connectivity index (χ1) is 9.33. The second kappa shape index (κ2) is 6.95. The van der Waals surface area contributed by atoms with E-state index in [0.29, 0.717) is 5.92 Å². The third kappa shape index (κ3) is 3.83. The lowest BCUT2D eigenvalue weighted by Crippen LogP contribution is -2.16. The molecule has 2 aromatic rings. The summed E-state index contributed by atoms with van der Waals surface area (Å²) in [6, 6.07) is 18.3. The first-order valence-corrected chi connectivity index (χ1v) is 6.81. The van der Waals surface area contributed by atoms with Crippen LogP contribution in [0.2, 0.25) is 0 Å². The van der Waals surface area contributed by atoms with E-state index in [9.17, 15) is 0 Å². The number of hydrogen-bond donors (Lipinski definition) is 1. The number of likely N-dealkylation sites (N-methyl/N-ethyl adjacent to an activating group) is 1. The van der Waals surface area contributed by atoms with Crippen molar-refractivity contribution in [2.24, 2.45) is 0 Å². The Labute approximate surface area is 115 Å². The molecule has 1 N–H and O–H groups in total. The van der Waals surface area contributed by atoms with Crippen molar-refractivity contribution in [2.75, 3.05) is 13.6 Å². The SMILES string of the molecule is CCC(CNC)c1ccc(Oc2ccccc2)cc1. The van der Waals surface area contributed by atoms with Crippen molar-refractivity contribution in [1.29, 1.82) is 0 Å². The molecule has 2 heteroatoms. The summed E-state index contributed by atoms with van der Waals surface area (Å²) in [5.74, 6) is 2.32. The molecule has 1 unspecified atom stereocenters. The van der Waals surface area contributed by atoms with Gasteiger partial charge in [-0.3, -0.25) is 0 Å². The summed E-state index contributed by atoms with van der Waals surface area (Å²) in [6.07, 6.45) is 1.14. The first-order valence-electron chi connectivity index (χ1n) is 6.81. The highest BCUT2D eigenvalue weighted by atomic mass is 16.5. The van der Waals surface area contributed by atoms with Gasteiger partial charge in [-0.1, -0.05) is 37.3 Å². The molecule has 1 atom stereocenters. The molecule has 0 heterocycles. The van der Waals surface area contributed by atoms with Gasteiger partial charge >= 0.3 is 0 Å². The van der Waals surface area contributed by atoms with Gasteiger partial charge < -0.3 is 10.1 Å². The summed E-state index contributed by atoms with van der Waals surface area (Å²) in [4.78, 5) is 0. The van der Waals surface area contributed by atoms with E-state index in [2.05, 4.69) is 24.4 Å². The van der Waals surface area contributed by atoms with Gasteiger partial charge in [0.2, 0.25) is 0 Å². The van der Waals surface area contributed by atoms with Crippen LogP contribution in [0.25, 0.3) is 0 Å². The molecule has 19 heavy (non-hydrogen) atoms. The molecule has 0 bridgehead atoms. The van der Waals surface area contributed by atoms with Gasteiger partial charge in [0.1, 0.15) is 11.5 Å². The van der Waals surface area contributed by atoms with Crippen LogP contribution in [-0.4, -0.2) is 13.6 Å². The number of rotatable bonds is 6. The number of para-hydroxylation sites is 1. The molecular formula is C17H21NO. The highest BCUT2D eigenvalue weighted by molar-refractivity contribution is 5.34. The molecule has 0 aliphatic rings. The smallest absolute Gasteiger partial charge is 0.127 e. The fourth-order valence-electron chi connectivity index (χ4n) is 2.18. The third-order valence-electron chi connectivity index (χ3n) is 3.27. The third-order valence-corrected chi connectivity index (χ3v) is 3.27. The van der Waals surface area contributed by atoms with Crippen LogP contribution in [0.4, 0.5) is 0 Å². The van der Waals surface area contributed by atoms with Crippen molar-refractivity contribution in [3.63, 3.8) is 0 Å². The minimum Gasteiger partial charge on any atom is -0.457 e. The van der Waals surface area contributed by atoms with E-state index >= 15 is 0 Å². The number of nitrogens with one attached hydrogen (secondary N) is 1. The Bertz CT molecular complexity index is 478. The zero-order chi connectivity index (χ0) is 13.5. The highest BCUT2D eigenvalue weighted by Gasteiger charge is 2.08. The molecule has 0 aliphatic heterocycles. The molecular weight excluding hydrogens is 234 g/mol. The highest BCUT2D eigenvalue weighted by Crippen LogP contribution is 2.25. The standard InChI is InChI=1S/C17H21NO/c1-3-14(13-18-2)15-9-11-17(12-10-15)19-16-7-5-4-6-8-16/h4-12,14,18H,3,13H2,1-2H3. The van der Waals surface area contributed by atoms with Gasteiger partial charge in [-0.25, -0.2) is 0 Å². The van der Waals surface area contributed by atoms with Crippen molar-refractivity contribution in [3.05, 3.63) is 60.2 Å². The summed E-state index contributed by atoms with van der Waals surface area (Å²) in [7, 11) is 2.00. The number of ether oxygens (including phenoxy) is 1. The molecule has 0 amide bonds. The summed E-state index contributed by atoms with van der Waals surface area (Å²) in [5, 5.41) is 3.24. The largest absolute Gasteiger partial charge is 0.457 e. The van der Waals surface area contributed by atoms with Crippen LogP contribution in [0.3, 0.4) is 0 Å². The number of benzene rings is 2. The van der Waals surface area contributed by atoms with Crippen molar-refractivity contribution in [3.8, 4) is 11.5 Å². The summed E-state index contributed by atoms with van der Waals surface area (Å²) in [5.41, 5.74) is 1.36. The van der Waals surface area contributed by atoms with E-state index < -0.39 is 0 Å². The fraction of sp³-hybridized carbons (Fsp3) is 0.294. The Kier molecular flexibility index (Phi) is 4.99. The Morgan fingerprint density at radius 2 is 1.58 bits per heavy atom. The molecule has 2 nitrogen and oxygen atoms in total. The minimum atomic E-state index is 0.566. The Hall–Kier alpha value is -1.80. The maximum Gasteiger partial charge on any atom is 0.127 e. The maximum atomic E-state index is 5.79. The Morgan fingerprint density at radius 3 is 2.16 bits per heavy atom. The molecule has 2 rings (SSSR count). The fourth-order valence-corrected chi connectivity index (χ4v) is 2.18. The van der Waals surface area contributed by atoms with E-state index in [1.807, 2.05) is 49.5 Å². The van der Waals surface area contributed by atoms with Gasteiger partial charge in [0, 0.05) is 6.54 Å². The molecule has 0 fully saturated rings. The zero-order valence-corrected chi connectivity index (χ0v) is 11.6. The van der Waals surface area contributed by atoms with E-state index in [0.717, 1.165) is 24.5 Å². The average Bonchev–Trinajstić information content (AvgIpc) is 2.47. The molecule has 0 saturated heterocycles. The summed E-state index contributed by atoms with van der Waals surface area (Å²) in [6.45, 7) is 3.23. The molecule has 0 aliphatic carbocycles. The van der Waals surface area contributed by atoms with Gasteiger partial charge in [-0.05, 0) is 49.2 Å². The molecule has 2 aromatic carbocycles. The quantitative estimate of drug-likeness (QED) is 0.835. The minimum absolute atomic E-state index is 0.566. The Morgan fingerprint density at radius 1 is 0.947 bits per heavy atom. The van der Waals surface area contributed by atoms with E-state index in [1.165, 1.54) is 5.56 Å². The van der Waals surface area contributed by atoms with Gasteiger partial charge in [0.05, 0.1) is 0 Å². The predicted molar refractivity (Wildman–Crippen MR) is 79.9 cm³/mol. The van der Waals surface area contributed by atoms with Gasteiger partial charge in [0.15, 0.2) is 0 Å². The average molecular weight is 255 g/mol. The Balaban J connectivity index is 2.06. The monoisotopic (exact) mass is 255 g/mol. The van der Waals surface area contributed by atoms with Crippen LogP contribution in [0.5, 0.6) is 11.5 Å². The molecule has 0 radical (unpaired) electrons. The van der Waals surface area contributed by atoms with Gasteiger partial charge in [0.25, 0.3) is 0 Å². The zero-order valence-electron chi connectivity index (χ0n) is 11.6. The van der Waals surface area contributed by atoms with Crippen LogP contribution in [0.15, 0.2) is 54.6 Å². The van der Waals surface area contributed by atoms with Crippen LogP contribution >= 0.6 is 0 Å². The van der Waals surface area contributed by atoms with Crippen molar-refractivity contribution in [2.45, 2.75) is 19.3 Å². The van der Waals surface area contributed by atoms with Gasteiger partial charge in [-0.2, -0.15) is 0 Å². The van der Waals surface area contributed by atoms with Crippen LogP contribution in [0, 0.1) is 0 Å². The topological polar surface area (TPSA) is 21.3 Å². The normalized spacial score (nSPS) is 12.1. The first kappa shape index (κ1) is 13.6. The molecule has 0 saturated carbocycles. The van der Waals surface area contributed by atoms with Crippen LogP contribution < -0.4 is 10.1 Å². The lowest BCUT2D eigenvalue weighted by Gasteiger charge is -2.15. The second-order valence-electron chi connectivity index (χ2n) is 4.65. The predicted octanol–water partition coefficient (Wildman–Crippen LogP) is 4.19. The number of hydrogen-bond acceptors (Lipinski definition) is 2. The van der Waals surface area contributed by atoms with Crippen LogP contribution in [-0.2, 0) is 0 Å². The van der Waals surface area contributed by atoms with E-state index in [-0.39, 0.29) is 0 Å². The van der Waals surface area contributed by atoms with Crippen molar-refractivity contribution >= 4 is 0 Å². The van der Waals surface area contributed by atoms with Crippen LogP contribution in [0.1, 0.15) is 24.8 Å². The lowest BCUT2D eigenvalue weighted by atomic mass is 9.96. The van der Waals surface area contributed by atoms with E-state index in [4.69, 9.17) is 4.74 Å². The summed E-state index contributed by atoms with van der Waals surface area (Å²) < 4.78 is 5.79. The molecule has 0 spiro atoms. The second-order valence-corrected chi connectivity index (χ2v) is 4.65. The van der Waals surface area contributed by atoms with Gasteiger partial charge in [-0.15, -0.1) is 0 Å². The molecule has 100 valence electrons.